The molecule has 0 atom stereocenters. The topological polar surface area (TPSA) is 232 Å². The minimum absolute atomic E-state index is 0. The molecule has 134 valence electrons. The number of carboxylic acid groups (broad SMARTS) is 1. The Morgan fingerprint density at radius 3 is 1.79 bits per heavy atom. The Hall–Kier alpha value is -3.02. The number of imidazole rings is 2. The third-order valence-electron chi connectivity index (χ3n) is 1.74. The number of carboxylic acids is 1. The largest absolute Gasteiger partial charge is 2.00 e. The molecular weight excluding hydrogens is 371 g/mol. The summed E-state index contributed by atoms with van der Waals surface area (Å²) in [6.45, 7) is 0. The van der Waals surface area contributed by atoms with Crippen LogP contribution in [0.2, 0.25) is 0 Å². The van der Waals surface area contributed by atoms with Crippen molar-refractivity contribution >= 4 is 5.97 Å². The number of nitrogens with zero attached hydrogens (tertiary/aromatic N) is 3. The Morgan fingerprint density at radius 2 is 1.54 bits per heavy atom. The zero-order valence-electron chi connectivity index (χ0n) is 12.0. The van der Waals surface area contributed by atoms with E-state index in [9.17, 15) is 19.8 Å². The van der Waals surface area contributed by atoms with E-state index in [1.807, 2.05) is 0 Å². The summed E-state index contributed by atoms with van der Waals surface area (Å²) in [6.07, 6.45) is 10.2. The number of H-pyrrole nitrogens is 3. The molecule has 3 aromatic heterocycles. The molecule has 0 unspecified atom stereocenters. The molecule has 0 amide bonds. The smallest absolute Gasteiger partial charge is 0.846 e. The average Bonchev–Trinajstić information content (AvgIpc) is 3.16. The van der Waals surface area contributed by atoms with Crippen LogP contribution in [-0.4, -0.2) is 35.9 Å². The first-order valence-electron chi connectivity index (χ1n) is 5.45. The van der Waals surface area contributed by atoms with Gasteiger partial charge in [0.25, 0.3) is 5.56 Å². The maximum atomic E-state index is 10.4. The molecule has 3 heterocycles. The number of rotatable bonds is 1. The Balaban J connectivity index is -0.000000288. The Bertz CT molecular complexity index is 627. The molecule has 0 aromatic carbocycles. The summed E-state index contributed by atoms with van der Waals surface area (Å²) in [6, 6.07) is -0.312. The summed E-state index contributed by atoms with van der Waals surface area (Å²) in [5.74, 6) is -1.65. The number of hydrogen-bond donors (Lipinski definition) is 3. The minimum atomic E-state index is -1.65. The zero-order valence-corrected chi connectivity index (χ0v) is 13.0. The Labute approximate surface area is 144 Å². The van der Waals surface area contributed by atoms with Gasteiger partial charge in [-0.2, -0.15) is 0 Å². The van der Waals surface area contributed by atoms with Gasteiger partial charge in [-0.1, -0.05) is 0 Å². The van der Waals surface area contributed by atoms with Gasteiger partial charge in [0, 0.05) is 30.9 Å². The molecule has 24 heavy (non-hydrogen) atoms. The summed E-state index contributed by atoms with van der Waals surface area (Å²) in [5.41, 5.74) is -1.46. The van der Waals surface area contributed by atoms with Crippen LogP contribution in [0.4, 0.5) is 0 Å². The van der Waals surface area contributed by atoms with Gasteiger partial charge in [-0.3, -0.25) is 4.79 Å². The molecule has 0 bridgehead atoms. The molecule has 9 N–H and O–H groups in total. The maximum Gasteiger partial charge on any atom is 2.00 e. The van der Waals surface area contributed by atoms with E-state index in [-0.39, 0.29) is 27.4 Å². The third-order valence-corrected chi connectivity index (χ3v) is 1.74. The van der Waals surface area contributed by atoms with Crippen molar-refractivity contribution in [2.24, 2.45) is 0 Å². The molecule has 0 aliphatic carbocycles. The van der Waals surface area contributed by atoms with Gasteiger partial charge in [0.1, 0.15) is 0 Å². The van der Waals surface area contributed by atoms with Crippen LogP contribution < -0.4 is 15.8 Å². The van der Waals surface area contributed by atoms with Crippen molar-refractivity contribution in [3.05, 3.63) is 59.6 Å². The number of carbonyl (C=O) groups excluding carboxylic acids is 1. The fraction of sp³-hybridized carbons (Fsp3) is 0. The third kappa shape index (κ3) is 11.6. The first-order valence-corrected chi connectivity index (χ1v) is 5.45. The number of nitrogens with one attached hydrogen (secondary N) is 3. The van der Waals surface area contributed by atoms with Crippen LogP contribution >= 0.6 is 0 Å². The van der Waals surface area contributed by atoms with Crippen molar-refractivity contribution in [3.8, 4) is 6.01 Å². The second-order valence-corrected chi connectivity index (χ2v) is 3.24. The van der Waals surface area contributed by atoms with E-state index in [1.165, 1.54) is 0 Å². The minimum Gasteiger partial charge on any atom is -0.846 e. The molecule has 0 fully saturated rings. The van der Waals surface area contributed by atoms with Crippen LogP contribution in [0.15, 0.2) is 48.3 Å². The molecule has 0 aliphatic rings. The van der Waals surface area contributed by atoms with E-state index >= 15 is 0 Å². The van der Waals surface area contributed by atoms with E-state index < -0.39 is 23.2 Å². The van der Waals surface area contributed by atoms with Crippen LogP contribution in [0.1, 0.15) is 10.5 Å². The molecule has 13 heteroatoms. The van der Waals surface area contributed by atoms with Crippen LogP contribution in [0, 0.1) is 0 Å². The van der Waals surface area contributed by atoms with Gasteiger partial charge in [0.15, 0.2) is 0 Å². The second kappa shape index (κ2) is 14.9. The van der Waals surface area contributed by atoms with Crippen molar-refractivity contribution in [1.82, 2.24) is 29.9 Å². The monoisotopic (exact) mass is 386 g/mol. The van der Waals surface area contributed by atoms with Gasteiger partial charge in [-0.15, -0.1) is 0 Å². The number of aromatic nitrogens is 6. The summed E-state index contributed by atoms with van der Waals surface area (Å²) in [5, 5.41) is 20.4. The molecule has 0 saturated carbocycles. The fourth-order valence-corrected chi connectivity index (χ4v) is 0.970. The quantitative estimate of drug-likeness (QED) is 0.278. The number of carbonyl (C=O) groups is 1. The number of aromatic carboxylic acids is 1. The van der Waals surface area contributed by atoms with Gasteiger partial charge < -0.3 is 40.9 Å². The molecule has 0 spiro atoms. The van der Waals surface area contributed by atoms with E-state index in [4.69, 9.17) is 0 Å². The Kier molecular flexibility index (Phi) is 16.1. The molecule has 3 aromatic rings. The zero-order chi connectivity index (χ0) is 15.5. The van der Waals surface area contributed by atoms with Crippen molar-refractivity contribution in [1.29, 1.82) is 0 Å². The fourth-order valence-electron chi connectivity index (χ4n) is 0.970. The summed E-state index contributed by atoms with van der Waals surface area (Å²) in [4.78, 5) is 38.0. The van der Waals surface area contributed by atoms with Crippen molar-refractivity contribution in [2.75, 3.05) is 0 Å². The molecular formula is C11H16N6NiO6+2. The average molecular weight is 387 g/mol. The van der Waals surface area contributed by atoms with Crippen molar-refractivity contribution in [2.45, 2.75) is 0 Å². The number of hydrogen-bond acceptors (Lipinski definition) is 7. The molecule has 3 rings (SSSR count). The first-order chi connectivity index (χ1) is 10.1. The van der Waals surface area contributed by atoms with Crippen LogP contribution in [0.25, 0.3) is 0 Å². The summed E-state index contributed by atoms with van der Waals surface area (Å²) < 4.78 is 0. The first kappa shape index (κ1) is 25.9. The van der Waals surface area contributed by atoms with Crippen molar-refractivity contribution in [3.63, 3.8) is 0 Å². The predicted octanol–water partition coefficient (Wildman–Crippen LogP) is -3.82. The SMILES string of the molecule is O=C([O-])c1cc(=O)[nH]c([O-])n1.[Ni+2].[OH3+].[OH3+].c1c[nH]cn1.c1c[nH]cn1. The van der Waals surface area contributed by atoms with E-state index in [0.717, 1.165) is 0 Å². The van der Waals surface area contributed by atoms with E-state index in [0.29, 0.717) is 6.07 Å². The van der Waals surface area contributed by atoms with Crippen LogP contribution in [-0.2, 0) is 27.4 Å². The Morgan fingerprint density at radius 1 is 1.04 bits per heavy atom. The molecule has 0 aliphatic heterocycles. The van der Waals surface area contributed by atoms with Crippen LogP contribution in [0.5, 0.6) is 6.01 Å². The molecule has 12 nitrogen and oxygen atoms in total. The van der Waals surface area contributed by atoms with E-state index in [2.05, 4.69) is 24.9 Å². The van der Waals surface area contributed by atoms with Crippen LogP contribution in [0.3, 0.4) is 0 Å². The summed E-state index contributed by atoms with van der Waals surface area (Å²) in [7, 11) is 0. The molecule has 0 radical (unpaired) electrons. The second-order valence-electron chi connectivity index (χ2n) is 3.24. The predicted molar refractivity (Wildman–Crippen MR) is 75.6 cm³/mol. The normalized spacial score (nSPS) is 7.67. The molecule has 0 saturated heterocycles. The van der Waals surface area contributed by atoms with Gasteiger partial charge in [0.05, 0.1) is 30.3 Å². The van der Waals surface area contributed by atoms with Crippen molar-refractivity contribution < 1.29 is 42.5 Å². The van der Waals surface area contributed by atoms with Gasteiger partial charge >= 0.3 is 16.5 Å². The maximum absolute atomic E-state index is 10.4. The number of aromatic amines is 3. The summed E-state index contributed by atoms with van der Waals surface area (Å²) >= 11 is 0. The van der Waals surface area contributed by atoms with Gasteiger partial charge in [-0.05, 0) is 0 Å². The van der Waals surface area contributed by atoms with Gasteiger partial charge in [-0.25, -0.2) is 15.0 Å². The van der Waals surface area contributed by atoms with E-state index in [1.54, 1.807) is 42.4 Å². The standard InChI is InChI=1S/C5H4N2O4.2C3H4N2.Ni.2H2O/c8-3-1-2(4(9)10)6-5(11)7-3;2*1-2-5-3-4-1;;;/h1H,(H,9,10)(H2,6,7,8,11);2*1-3H,(H,4,5);;2*1H2/q;;;+2;;. The van der Waals surface area contributed by atoms with Gasteiger partial charge in [0.2, 0.25) is 0 Å².